The van der Waals surface area contributed by atoms with Gasteiger partial charge in [-0.25, -0.2) is 18.6 Å². The SMILES string of the molecule is CCOC(=O)c1c(C)cc(F)nc1C(F)F. The van der Waals surface area contributed by atoms with E-state index in [0.717, 1.165) is 6.07 Å². The number of rotatable bonds is 3. The van der Waals surface area contributed by atoms with Gasteiger partial charge in [0.15, 0.2) is 0 Å². The minimum Gasteiger partial charge on any atom is -0.462 e. The molecule has 0 saturated heterocycles. The summed E-state index contributed by atoms with van der Waals surface area (Å²) < 4.78 is 42.5. The number of carbonyl (C=O) groups excluding carboxylic acids is 1. The van der Waals surface area contributed by atoms with Gasteiger partial charge in [0.05, 0.1) is 12.2 Å². The van der Waals surface area contributed by atoms with Crippen molar-refractivity contribution < 1.29 is 22.7 Å². The number of pyridine rings is 1. The predicted molar refractivity (Wildman–Crippen MR) is 49.8 cm³/mol. The predicted octanol–water partition coefficient (Wildman–Crippen LogP) is 2.64. The minimum atomic E-state index is -3.02. The fourth-order valence-electron chi connectivity index (χ4n) is 1.28. The van der Waals surface area contributed by atoms with Crippen LogP contribution in [0.1, 0.15) is 35.0 Å². The molecule has 16 heavy (non-hydrogen) atoms. The number of halogens is 3. The molecule has 0 radical (unpaired) electrons. The Morgan fingerprint density at radius 2 is 2.19 bits per heavy atom. The van der Waals surface area contributed by atoms with Crippen LogP contribution in [0.4, 0.5) is 13.2 Å². The third-order valence-electron chi connectivity index (χ3n) is 1.90. The summed E-state index contributed by atoms with van der Waals surface area (Å²) in [6, 6.07) is 0.915. The number of nitrogens with zero attached hydrogens (tertiary/aromatic N) is 1. The first-order valence-electron chi connectivity index (χ1n) is 4.59. The van der Waals surface area contributed by atoms with Crippen LogP contribution in [0.15, 0.2) is 6.07 Å². The number of hydrogen-bond acceptors (Lipinski definition) is 3. The van der Waals surface area contributed by atoms with Crippen LogP contribution in [-0.2, 0) is 4.74 Å². The lowest BCUT2D eigenvalue weighted by Gasteiger charge is -2.10. The lowest BCUT2D eigenvalue weighted by molar-refractivity contribution is 0.0512. The summed E-state index contributed by atoms with van der Waals surface area (Å²) in [6.07, 6.45) is -3.02. The van der Waals surface area contributed by atoms with Crippen LogP contribution in [0.3, 0.4) is 0 Å². The van der Waals surface area contributed by atoms with E-state index in [1.54, 1.807) is 6.92 Å². The van der Waals surface area contributed by atoms with Gasteiger partial charge in [0.2, 0.25) is 5.95 Å². The molecule has 1 aromatic rings. The number of alkyl halides is 2. The summed E-state index contributed by atoms with van der Waals surface area (Å²) in [7, 11) is 0. The molecule has 0 aliphatic heterocycles. The highest BCUT2D eigenvalue weighted by atomic mass is 19.3. The number of hydrogen-bond donors (Lipinski definition) is 0. The van der Waals surface area contributed by atoms with E-state index in [4.69, 9.17) is 0 Å². The molecule has 3 nitrogen and oxygen atoms in total. The molecule has 0 bridgehead atoms. The third kappa shape index (κ3) is 2.50. The molecular weight excluding hydrogens is 223 g/mol. The Bertz CT molecular complexity index is 407. The van der Waals surface area contributed by atoms with E-state index >= 15 is 0 Å². The Morgan fingerprint density at radius 1 is 1.56 bits per heavy atom. The quantitative estimate of drug-likeness (QED) is 0.595. The third-order valence-corrected chi connectivity index (χ3v) is 1.90. The average molecular weight is 233 g/mol. The fraction of sp³-hybridized carbons (Fsp3) is 0.400. The molecule has 0 N–H and O–H groups in total. The summed E-state index contributed by atoms with van der Waals surface area (Å²) in [5.74, 6) is -1.95. The molecule has 0 saturated carbocycles. The molecular formula is C10H10F3NO2. The highest BCUT2D eigenvalue weighted by Crippen LogP contribution is 2.24. The van der Waals surface area contributed by atoms with Crippen molar-refractivity contribution in [1.29, 1.82) is 0 Å². The van der Waals surface area contributed by atoms with Gasteiger partial charge < -0.3 is 4.74 Å². The van der Waals surface area contributed by atoms with Gasteiger partial charge in [0.25, 0.3) is 6.43 Å². The standard InChI is InChI=1S/C10H10F3NO2/c1-3-16-10(15)7-5(2)4-6(11)14-8(7)9(12)13/h4,9H,3H2,1-2H3. The second-order valence-corrected chi connectivity index (χ2v) is 3.04. The number of carbonyl (C=O) groups is 1. The number of ether oxygens (including phenoxy) is 1. The van der Waals surface area contributed by atoms with E-state index in [-0.39, 0.29) is 17.7 Å². The summed E-state index contributed by atoms with van der Waals surface area (Å²) >= 11 is 0. The van der Waals surface area contributed by atoms with E-state index in [0.29, 0.717) is 0 Å². The van der Waals surface area contributed by atoms with E-state index in [1.165, 1.54) is 6.92 Å². The minimum absolute atomic E-state index is 0.0539. The smallest absolute Gasteiger partial charge is 0.340 e. The molecule has 0 fully saturated rings. The van der Waals surface area contributed by atoms with Gasteiger partial charge in [-0.3, -0.25) is 0 Å². The van der Waals surface area contributed by atoms with E-state index in [2.05, 4.69) is 9.72 Å². The number of aromatic nitrogens is 1. The molecule has 0 unspecified atom stereocenters. The van der Waals surface area contributed by atoms with Crippen LogP contribution in [0.5, 0.6) is 0 Å². The lowest BCUT2D eigenvalue weighted by atomic mass is 10.1. The molecule has 0 aliphatic carbocycles. The van der Waals surface area contributed by atoms with Crippen molar-refractivity contribution in [3.8, 4) is 0 Å². The molecule has 0 amide bonds. The molecule has 1 rings (SSSR count). The van der Waals surface area contributed by atoms with Gasteiger partial charge >= 0.3 is 5.97 Å². The van der Waals surface area contributed by atoms with Crippen LogP contribution in [0.2, 0.25) is 0 Å². The van der Waals surface area contributed by atoms with Crippen LogP contribution in [0.25, 0.3) is 0 Å². The second-order valence-electron chi connectivity index (χ2n) is 3.04. The zero-order chi connectivity index (χ0) is 12.3. The van der Waals surface area contributed by atoms with Gasteiger partial charge in [0.1, 0.15) is 5.69 Å². The summed E-state index contributed by atoms with van der Waals surface area (Å²) in [6.45, 7) is 2.95. The van der Waals surface area contributed by atoms with Crippen molar-refractivity contribution in [2.75, 3.05) is 6.61 Å². The number of aryl methyl sites for hydroxylation is 1. The average Bonchev–Trinajstić information content (AvgIpc) is 2.16. The van der Waals surface area contributed by atoms with Crippen molar-refractivity contribution >= 4 is 5.97 Å². The van der Waals surface area contributed by atoms with Gasteiger partial charge in [-0.15, -0.1) is 0 Å². The molecule has 6 heteroatoms. The maximum absolute atomic E-state index is 12.8. The highest BCUT2D eigenvalue weighted by Gasteiger charge is 2.24. The van der Waals surface area contributed by atoms with Crippen molar-refractivity contribution in [2.24, 2.45) is 0 Å². The lowest BCUT2D eigenvalue weighted by Crippen LogP contribution is -2.13. The molecule has 0 aliphatic rings. The van der Waals surface area contributed by atoms with Gasteiger partial charge in [-0.2, -0.15) is 4.39 Å². The zero-order valence-electron chi connectivity index (χ0n) is 8.76. The molecule has 0 spiro atoms. The van der Waals surface area contributed by atoms with Crippen LogP contribution in [-0.4, -0.2) is 17.6 Å². The Hall–Kier alpha value is -1.59. The Labute approximate surface area is 90.2 Å². The monoisotopic (exact) mass is 233 g/mol. The molecule has 0 atom stereocenters. The summed E-state index contributed by atoms with van der Waals surface area (Å²) in [4.78, 5) is 14.4. The first-order valence-corrected chi connectivity index (χ1v) is 4.59. The van der Waals surface area contributed by atoms with E-state index < -0.39 is 24.0 Å². The molecule has 1 heterocycles. The van der Waals surface area contributed by atoms with Crippen LogP contribution < -0.4 is 0 Å². The molecule has 88 valence electrons. The van der Waals surface area contributed by atoms with Crippen LogP contribution >= 0.6 is 0 Å². The Kier molecular flexibility index (Phi) is 3.87. The topological polar surface area (TPSA) is 39.2 Å². The zero-order valence-corrected chi connectivity index (χ0v) is 8.76. The van der Waals surface area contributed by atoms with E-state index in [9.17, 15) is 18.0 Å². The number of esters is 1. The maximum atomic E-state index is 12.8. The normalized spacial score (nSPS) is 10.6. The van der Waals surface area contributed by atoms with Crippen LogP contribution in [0, 0.1) is 12.9 Å². The molecule has 1 aromatic heterocycles. The summed E-state index contributed by atoms with van der Waals surface area (Å²) in [5.41, 5.74) is -1.16. The first kappa shape index (κ1) is 12.5. The summed E-state index contributed by atoms with van der Waals surface area (Å²) in [5, 5.41) is 0. The van der Waals surface area contributed by atoms with Crippen molar-refractivity contribution in [3.05, 3.63) is 28.8 Å². The fourth-order valence-corrected chi connectivity index (χ4v) is 1.28. The highest BCUT2D eigenvalue weighted by molar-refractivity contribution is 5.92. The first-order chi connectivity index (χ1) is 7.47. The van der Waals surface area contributed by atoms with Gasteiger partial charge in [-0.05, 0) is 25.5 Å². The van der Waals surface area contributed by atoms with Crippen molar-refractivity contribution in [3.63, 3.8) is 0 Å². The van der Waals surface area contributed by atoms with Crippen molar-refractivity contribution in [1.82, 2.24) is 4.98 Å². The van der Waals surface area contributed by atoms with Gasteiger partial charge in [0, 0.05) is 0 Å². The molecule has 0 aromatic carbocycles. The maximum Gasteiger partial charge on any atom is 0.340 e. The largest absolute Gasteiger partial charge is 0.462 e. The Balaban J connectivity index is 3.29. The van der Waals surface area contributed by atoms with Crippen molar-refractivity contribution in [2.45, 2.75) is 20.3 Å². The second kappa shape index (κ2) is 4.96. The van der Waals surface area contributed by atoms with Gasteiger partial charge in [-0.1, -0.05) is 0 Å². The van der Waals surface area contributed by atoms with E-state index in [1.807, 2.05) is 0 Å². The Morgan fingerprint density at radius 3 is 2.69 bits per heavy atom.